The first-order valence-corrected chi connectivity index (χ1v) is 5.47. The molecule has 0 fully saturated rings. The maximum Gasteiger partial charge on any atom is 0 e. The molecular weight excluding hydrogens is 339 g/mol. The molecule has 1 unspecified atom stereocenters. The van der Waals surface area contributed by atoms with Gasteiger partial charge in [0.25, 0.3) is 0 Å². The van der Waals surface area contributed by atoms with E-state index in [0.717, 1.165) is 12.8 Å². The van der Waals surface area contributed by atoms with Gasteiger partial charge in [0.15, 0.2) is 5.92 Å². The number of ether oxygens (including phenoxy) is 2. The third-order valence-corrected chi connectivity index (χ3v) is 2.50. The Balaban J connectivity index is -0.000000206. The molecule has 22 heavy (non-hydrogen) atoms. The second kappa shape index (κ2) is 21.7. The molecular formula is C14H15CoO7. The van der Waals surface area contributed by atoms with Crippen molar-refractivity contribution in [2.75, 3.05) is 14.2 Å². The third-order valence-electron chi connectivity index (χ3n) is 2.50. The van der Waals surface area contributed by atoms with Crippen molar-refractivity contribution in [3.05, 3.63) is 38.5 Å². The van der Waals surface area contributed by atoms with Crippen LogP contribution in [0.1, 0.15) is 12.8 Å². The number of hydrogen-bond donors (Lipinski definition) is 0. The van der Waals surface area contributed by atoms with Gasteiger partial charge in [0.05, 0.1) is 14.2 Å². The van der Waals surface area contributed by atoms with E-state index in [0.29, 0.717) is 0 Å². The summed E-state index contributed by atoms with van der Waals surface area (Å²) < 4.78 is 31.7. The van der Waals surface area contributed by atoms with E-state index in [9.17, 15) is 9.59 Å². The molecule has 8 heteroatoms. The predicted molar refractivity (Wildman–Crippen MR) is 65.5 cm³/mol. The van der Waals surface area contributed by atoms with Crippen LogP contribution >= 0.6 is 0 Å². The second-order valence-electron chi connectivity index (χ2n) is 3.39. The van der Waals surface area contributed by atoms with E-state index in [2.05, 4.69) is 29.4 Å². The van der Waals surface area contributed by atoms with Crippen molar-refractivity contribution in [3.8, 4) is 0 Å². The van der Waals surface area contributed by atoms with Crippen LogP contribution in [-0.4, -0.2) is 26.2 Å². The number of carbonyl (C=O) groups excluding carboxylic acids is 2. The van der Waals surface area contributed by atoms with Gasteiger partial charge < -0.3 is 9.47 Å². The molecule has 2 radical (unpaired) electrons. The summed E-state index contributed by atoms with van der Waals surface area (Å²) in [4.78, 5) is 22.9. The summed E-state index contributed by atoms with van der Waals surface area (Å²) in [5, 5.41) is 0. The molecule has 122 valence electrons. The smallest absolute Gasteiger partial charge is 0 e. The van der Waals surface area contributed by atoms with Gasteiger partial charge in [-0.2, -0.15) is 0 Å². The second-order valence-corrected chi connectivity index (χ2v) is 3.39. The minimum absolute atomic E-state index is 0. The monoisotopic (exact) mass is 354 g/mol. The molecule has 0 bridgehead atoms. The van der Waals surface area contributed by atoms with E-state index in [1.165, 1.54) is 14.2 Å². The molecule has 0 saturated carbocycles. The summed E-state index contributed by atoms with van der Waals surface area (Å²) in [7, 11) is 2.55. The van der Waals surface area contributed by atoms with Gasteiger partial charge in [-0.15, -0.1) is 0 Å². The molecule has 1 rings (SSSR count). The van der Waals surface area contributed by atoms with Crippen LogP contribution in [0.25, 0.3) is 0 Å². The summed E-state index contributed by atoms with van der Waals surface area (Å²) in [6, 6.07) is 0. The Morgan fingerprint density at radius 2 is 1.45 bits per heavy atom. The Bertz CT molecular complexity index is 354. The fourth-order valence-corrected chi connectivity index (χ4v) is 1.68. The van der Waals surface area contributed by atoms with Crippen molar-refractivity contribution in [1.82, 2.24) is 0 Å². The zero-order valence-electron chi connectivity index (χ0n) is 12.0. The molecule has 0 aromatic rings. The average molecular weight is 354 g/mol. The molecule has 0 spiro atoms. The van der Waals surface area contributed by atoms with Crippen molar-refractivity contribution in [2.45, 2.75) is 12.8 Å². The van der Waals surface area contributed by atoms with Crippen molar-refractivity contribution >= 4 is 11.9 Å². The first kappa shape index (κ1) is 28.6. The normalized spacial score (nSPS) is 14.0. The van der Waals surface area contributed by atoms with Crippen LogP contribution in [0.3, 0.4) is 0 Å². The molecule has 1 atom stereocenters. The fraction of sp³-hybridized carbons (Fsp3) is 0.429. The first-order valence-electron chi connectivity index (χ1n) is 5.47. The molecule has 0 aromatic heterocycles. The zero-order chi connectivity index (χ0) is 17.3. The Labute approximate surface area is 139 Å². The number of hydrogen-bond acceptors (Lipinski definition) is 4. The maximum absolute atomic E-state index is 11.4. The SMILES string of the molecule is COC(=O)C(C(=O)OC)C1[CH]C=CCC1.[C-]#[O+].[C-]#[O+].[C-]#[O+].[Co]. The predicted octanol–water partition coefficient (Wildman–Crippen LogP) is 1.00. The van der Waals surface area contributed by atoms with Crippen LogP contribution in [0.4, 0.5) is 0 Å². The molecule has 0 aliphatic heterocycles. The van der Waals surface area contributed by atoms with E-state index in [1.54, 1.807) is 0 Å². The van der Waals surface area contributed by atoms with E-state index in [4.69, 9.17) is 14.0 Å². The number of rotatable bonds is 3. The molecule has 0 aromatic carbocycles. The van der Waals surface area contributed by atoms with Gasteiger partial charge in [-0.1, -0.05) is 12.2 Å². The van der Waals surface area contributed by atoms with Crippen LogP contribution in [0, 0.1) is 38.2 Å². The third kappa shape index (κ3) is 11.1. The summed E-state index contributed by atoms with van der Waals surface area (Å²) in [6.45, 7) is 13.5. The van der Waals surface area contributed by atoms with Crippen LogP contribution in [-0.2, 0) is 49.8 Å². The van der Waals surface area contributed by atoms with Gasteiger partial charge in [0, 0.05) is 16.8 Å². The molecule has 1 aliphatic carbocycles. The van der Waals surface area contributed by atoms with E-state index < -0.39 is 17.9 Å². The molecule has 7 nitrogen and oxygen atoms in total. The number of allylic oxidation sites excluding steroid dienone is 2. The summed E-state index contributed by atoms with van der Waals surface area (Å²) in [5.74, 6) is -2.00. The first-order chi connectivity index (χ1) is 10.2. The largest absolute Gasteiger partial charge is 0 e. The molecule has 1 aliphatic rings. The standard InChI is InChI=1S/C11H15O4.3CO.Co/c1-14-10(12)9(11(13)15-2)8-6-4-3-5-7-8;3*1-2;/h3-4,6,8-9H,5,7H2,1-2H3;;;;. The van der Waals surface area contributed by atoms with E-state index in [-0.39, 0.29) is 22.7 Å². The van der Waals surface area contributed by atoms with Gasteiger partial charge in [-0.05, 0) is 25.2 Å². The van der Waals surface area contributed by atoms with Crippen molar-refractivity contribution in [3.63, 3.8) is 0 Å². The Morgan fingerprint density at radius 3 is 1.73 bits per heavy atom. The van der Waals surface area contributed by atoms with Gasteiger partial charge in [-0.25, -0.2) is 0 Å². The van der Waals surface area contributed by atoms with Gasteiger partial charge in [0.2, 0.25) is 0 Å². The quantitative estimate of drug-likeness (QED) is 0.326. The van der Waals surface area contributed by atoms with E-state index >= 15 is 0 Å². The van der Waals surface area contributed by atoms with Crippen LogP contribution < -0.4 is 0 Å². The van der Waals surface area contributed by atoms with Gasteiger partial charge in [-0.3, -0.25) is 9.59 Å². The van der Waals surface area contributed by atoms with E-state index in [1.807, 2.05) is 18.6 Å². The topological polar surface area (TPSA) is 112 Å². The maximum atomic E-state index is 11.4. The molecule has 0 heterocycles. The summed E-state index contributed by atoms with van der Waals surface area (Å²) in [6.07, 6.45) is 7.36. The fourth-order valence-electron chi connectivity index (χ4n) is 1.68. The minimum atomic E-state index is -0.829. The Morgan fingerprint density at radius 1 is 1.05 bits per heavy atom. The van der Waals surface area contributed by atoms with Gasteiger partial charge in [0.1, 0.15) is 0 Å². The minimum Gasteiger partial charge on any atom is 0 e. The average Bonchev–Trinajstić information content (AvgIpc) is 2.61. The van der Waals surface area contributed by atoms with Crippen molar-refractivity contribution in [2.24, 2.45) is 11.8 Å². The molecule has 0 saturated heterocycles. The summed E-state index contributed by atoms with van der Waals surface area (Å²) >= 11 is 0. The number of methoxy groups -OCH3 is 2. The molecule has 0 amide bonds. The summed E-state index contributed by atoms with van der Waals surface area (Å²) in [5.41, 5.74) is 0. The van der Waals surface area contributed by atoms with Crippen LogP contribution in [0.15, 0.2) is 12.2 Å². The number of carbonyl (C=O) groups is 2. The van der Waals surface area contributed by atoms with Gasteiger partial charge >= 0.3 is 45.8 Å². The zero-order valence-corrected chi connectivity index (χ0v) is 13.0. The molecule has 0 N–H and O–H groups in total. The van der Waals surface area contributed by atoms with Crippen LogP contribution in [0.5, 0.6) is 0 Å². The van der Waals surface area contributed by atoms with Crippen LogP contribution in [0.2, 0.25) is 0 Å². The van der Waals surface area contributed by atoms with Crippen molar-refractivity contribution in [1.29, 1.82) is 0 Å². The number of esters is 2. The van der Waals surface area contributed by atoms with Crippen molar-refractivity contribution < 1.29 is 49.8 Å². The Hall–Kier alpha value is -1.59. The Kier molecular flexibility index (Phi) is 28.2.